The highest BCUT2D eigenvalue weighted by Gasteiger charge is 2.28. The van der Waals surface area contributed by atoms with Gasteiger partial charge in [-0.1, -0.05) is 58.9 Å². The van der Waals surface area contributed by atoms with Crippen LogP contribution in [0.15, 0.2) is 46.9 Å². The maximum Gasteiger partial charge on any atom is 0.261 e. The summed E-state index contributed by atoms with van der Waals surface area (Å²) in [5.74, 6) is 0.246. The van der Waals surface area contributed by atoms with Gasteiger partial charge in [-0.3, -0.25) is 9.59 Å². The van der Waals surface area contributed by atoms with Crippen LogP contribution >= 0.6 is 27.5 Å². The quantitative estimate of drug-likeness (QED) is 0.488. The molecule has 3 rings (SSSR count). The maximum absolute atomic E-state index is 13.2. The van der Waals surface area contributed by atoms with Gasteiger partial charge in [0.1, 0.15) is 11.8 Å². The fourth-order valence-electron chi connectivity index (χ4n) is 3.87. The van der Waals surface area contributed by atoms with Crippen molar-refractivity contribution in [1.82, 2.24) is 10.2 Å². The molecule has 1 atom stereocenters. The molecule has 32 heavy (non-hydrogen) atoms. The van der Waals surface area contributed by atoms with Gasteiger partial charge in [0.2, 0.25) is 5.91 Å². The van der Waals surface area contributed by atoms with E-state index in [-0.39, 0.29) is 24.5 Å². The van der Waals surface area contributed by atoms with Crippen LogP contribution in [0.3, 0.4) is 0 Å². The molecule has 2 aromatic rings. The fourth-order valence-corrected chi connectivity index (χ4v) is 4.25. The topological polar surface area (TPSA) is 58.6 Å². The maximum atomic E-state index is 13.2. The lowest BCUT2D eigenvalue weighted by atomic mass is 9.95. The van der Waals surface area contributed by atoms with E-state index in [9.17, 15) is 9.59 Å². The second-order valence-corrected chi connectivity index (χ2v) is 9.66. The van der Waals surface area contributed by atoms with Crippen LogP contribution in [0.2, 0.25) is 5.02 Å². The van der Waals surface area contributed by atoms with E-state index in [1.165, 1.54) is 6.42 Å². The van der Waals surface area contributed by atoms with Crippen LogP contribution in [0.5, 0.6) is 5.75 Å². The van der Waals surface area contributed by atoms with E-state index >= 15 is 0 Å². The van der Waals surface area contributed by atoms with Gasteiger partial charge >= 0.3 is 0 Å². The van der Waals surface area contributed by atoms with Gasteiger partial charge in [0, 0.05) is 22.1 Å². The minimum atomic E-state index is -0.615. The number of carbonyl (C=O) groups is 2. The standard InChI is InChI=1S/C25H30BrClN2O3/c1-17-14-22(12-13-23(17)26)32-16-24(30)29(15-19-8-10-20(27)11-9-19)18(2)25(31)28-21-6-4-3-5-7-21/h8-14,18,21H,3-7,15-16H2,1-2H3,(H,28,31)/t18-/m0/s1. The Morgan fingerprint density at radius 1 is 1.16 bits per heavy atom. The van der Waals surface area contributed by atoms with E-state index in [2.05, 4.69) is 21.2 Å². The molecule has 0 saturated heterocycles. The second kappa shape index (κ2) is 11.7. The monoisotopic (exact) mass is 520 g/mol. The smallest absolute Gasteiger partial charge is 0.261 e. The molecule has 0 bridgehead atoms. The van der Waals surface area contributed by atoms with Crippen molar-refractivity contribution in [3.63, 3.8) is 0 Å². The van der Waals surface area contributed by atoms with E-state index in [1.54, 1.807) is 24.0 Å². The van der Waals surface area contributed by atoms with Crippen molar-refractivity contribution in [2.45, 2.75) is 64.6 Å². The van der Waals surface area contributed by atoms with Crippen LogP contribution < -0.4 is 10.1 Å². The molecule has 1 saturated carbocycles. The van der Waals surface area contributed by atoms with Crippen molar-refractivity contribution < 1.29 is 14.3 Å². The zero-order valence-corrected chi connectivity index (χ0v) is 20.9. The molecule has 0 radical (unpaired) electrons. The molecule has 7 heteroatoms. The third-order valence-electron chi connectivity index (χ3n) is 5.88. The average Bonchev–Trinajstić information content (AvgIpc) is 2.79. The molecule has 172 valence electrons. The third kappa shape index (κ3) is 6.97. The summed E-state index contributed by atoms with van der Waals surface area (Å²) in [6, 6.07) is 12.5. The number of halogens is 2. The van der Waals surface area contributed by atoms with Crippen molar-refractivity contribution in [2.75, 3.05) is 6.61 Å². The summed E-state index contributed by atoms with van der Waals surface area (Å²) in [6.07, 6.45) is 5.47. The zero-order chi connectivity index (χ0) is 23.1. The summed E-state index contributed by atoms with van der Waals surface area (Å²) < 4.78 is 6.74. The molecule has 1 aliphatic carbocycles. The number of hydrogen-bond acceptors (Lipinski definition) is 3. The van der Waals surface area contributed by atoms with Crippen molar-refractivity contribution in [1.29, 1.82) is 0 Å². The average molecular weight is 522 g/mol. The molecule has 0 aromatic heterocycles. The first-order chi connectivity index (χ1) is 15.3. The summed E-state index contributed by atoms with van der Waals surface area (Å²) in [5.41, 5.74) is 1.92. The number of rotatable bonds is 8. The van der Waals surface area contributed by atoms with Crippen LogP contribution in [-0.2, 0) is 16.1 Å². The summed E-state index contributed by atoms with van der Waals surface area (Å²) >= 11 is 9.47. The molecule has 1 fully saturated rings. The van der Waals surface area contributed by atoms with E-state index in [0.717, 1.165) is 41.3 Å². The lowest BCUT2D eigenvalue weighted by molar-refractivity contribution is -0.142. The Labute approximate surface area is 203 Å². The highest BCUT2D eigenvalue weighted by molar-refractivity contribution is 9.10. The van der Waals surface area contributed by atoms with Gasteiger partial charge in [0.15, 0.2) is 6.61 Å². The van der Waals surface area contributed by atoms with Gasteiger partial charge in [-0.2, -0.15) is 0 Å². The first kappa shape index (κ1) is 24.6. The summed E-state index contributed by atoms with van der Waals surface area (Å²) in [4.78, 5) is 27.7. The van der Waals surface area contributed by atoms with E-state index in [1.807, 2.05) is 37.3 Å². The summed E-state index contributed by atoms with van der Waals surface area (Å²) in [7, 11) is 0. The largest absolute Gasteiger partial charge is 0.484 e. The highest BCUT2D eigenvalue weighted by atomic mass is 79.9. The van der Waals surface area contributed by atoms with Crippen LogP contribution in [0.1, 0.15) is 50.2 Å². The molecule has 2 amide bonds. The SMILES string of the molecule is Cc1cc(OCC(=O)N(Cc2ccc(Cl)cc2)[C@@H](C)C(=O)NC2CCCCC2)ccc1Br. The number of benzene rings is 2. The second-order valence-electron chi connectivity index (χ2n) is 8.37. The van der Waals surface area contributed by atoms with Crippen molar-refractivity contribution in [3.05, 3.63) is 63.1 Å². The molecular formula is C25H30BrClN2O3. The van der Waals surface area contributed by atoms with Crippen LogP contribution in [0, 0.1) is 6.92 Å². The molecule has 0 aliphatic heterocycles. The number of carbonyl (C=O) groups excluding carboxylic acids is 2. The number of aryl methyl sites for hydroxylation is 1. The van der Waals surface area contributed by atoms with Crippen molar-refractivity contribution >= 4 is 39.3 Å². The van der Waals surface area contributed by atoms with Gasteiger partial charge < -0.3 is 15.0 Å². The minimum Gasteiger partial charge on any atom is -0.484 e. The molecule has 0 unspecified atom stereocenters. The predicted octanol–water partition coefficient (Wildman–Crippen LogP) is 5.66. The lowest BCUT2D eigenvalue weighted by Crippen LogP contribution is -2.51. The first-order valence-corrected chi connectivity index (χ1v) is 12.2. The van der Waals surface area contributed by atoms with Gasteiger partial charge in [-0.25, -0.2) is 0 Å². The number of ether oxygens (including phenoxy) is 1. The Hall–Kier alpha value is -2.05. The van der Waals surface area contributed by atoms with Gasteiger partial charge in [0.25, 0.3) is 5.91 Å². The van der Waals surface area contributed by atoms with Crippen molar-refractivity contribution in [3.8, 4) is 5.75 Å². The minimum absolute atomic E-state index is 0.126. The number of nitrogens with zero attached hydrogens (tertiary/aromatic N) is 1. The van der Waals surface area contributed by atoms with Gasteiger partial charge in [-0.15, -0.1) is 0 Å². The van der Waals surface area contributed by atoms with E-state index in [0.29, 0.717) is 17.3 Å². The Morgan fingerprint density at radius 3 is 2.50 bits per heavy atom. The molecule has 5 nitrogen and oxygen atoms in total. The Morgan fingerprint density at radius 2 is 1.84 bits per heavy atom. The Balaban J connectivity index is 1.70. The molecule has 0 heterocycles. The Kier molecular flexibility index (Phi) is 9.00. The number of amides is 2. The summed E-state index contributed by atoms with van der Waals surface area (Å²) in [6.45, 7) is 3.90. The normalized spacial score (nSPS) is 15.1. The number of hydrogen-bond donors (Lipinski definition) is 1. The molecule has 1 aliphatic rings. The van der Waals surface area contributed by atoms with Crippen molar-refractivity contribution in [2.24, 2.45) is 0 Å². The first-order valence-electron chi connectivity index (χ1n) is 11.1. The lowest BCUT2D eigenvalue weighted by Gasteiger charge is -2.31. The van der Waals surface area contributed by atoms with Crippen LogP contribution in [-0.4, -0.2) is 35.4 Å². The third-order valence-corrected chi connectivity index (χ3v) is 7.02. The zero-order valence-electron chi connectivity index (χ0n) is 18.6. The summed E-state index contributed by atoms with van der Waals surface area (Å²) in [5, 5.41) is 3.76. The van der Waals surface area contributed by atoms with Gasteiger partial charge in [0.05, 0.1) is 0 Å². The van der Waals surface area contributed by atoms with Gasteiger partial charge in [-0.05, 0) is 68.1 Å². The van der Waals surface area contributed by atoms with Crippen LogP contribution in [0.4, 0.5) is 0 Å². The molecular weight excluding hydrogens is 492 g/mol. The highest BCUT2D eigenvalue weighted by Crippen LogP contribution is 2.22. The van der Waals surface area contributed by atoms with E-state index < -0.39 is 6.04 Å². The fraction of sp³-hybridized carbons (Fsp3) is 0.440. The Bertz CT molecular complexity index is 929. The molecule has 1 N–H and O–H groups in total. The van der Waals surface area contributed by atoms with Crippen LogP contribution in [0.25, 0.3) is 0 Å². The van der Waals surface area contributed by atoms with E-state index in [4.69, 9.17) is 16.3 Å². The molecule has 2 aromatic carbocycles. The number of nitrogens with one attached hydrogen (secondary N) is 1. The molecule has 0 spiro atoms. The predicted molar refractivity (Wildman–Crippen MR) is 131 cm³/mol.